The van der Waals surface area contributed by atoms with Gasteiger partial charge in [0, 0.05) is 24.8 Å². The van der Waals surface area contributed by atoms with Gasteiger partial charge in [-0.25, -0.2) is 9.99 Å². The van der Waals surface area contributed by atoms with Gasteiger partial charge in [-0.2, -0.15) is 0 Å². The summed E-state index contributed by atoms with van der Waals surface area (Å²) < 4.78 is 0. The zero-order valence-corrected chi connectivity index (χ0v) is 9.30. The molecule has 1 aromatic heterocycles. The van der Waals surface area contributed by atoms with Gasteiger partial charge in [0.25, 0.3) is 0 Å². The number of hydrogen-bond donors (Lipinski definition) is 2. The van der Waals surface area contributed by atoms with Crippen LogP contribution in [0, 0.1) is 0 Å². The fraction of sp³-hybridized carbons (Fsp3) is 0.500. The molecule has 1 fully saturated rings. The van der Waals surface area contributed by atoms with Gasteiger partial charge in [0.05, 0.1) is 0 Å². The lowest BCUT2D eigenvalue weighted by Gasteiger charge is -2.27. The number of anilines is 2. The number of nitrogens with one attached hydrogen (secondary N) is 1. The Hall–Kier alpha value is -1.00. The maximum atomic E-state index is 5.82. The first-order valence-corrected chi connectivity index (χ1v) is 5.56. The molecule has 2 rings (SSSR count). The maximum Gasteiger partial charge on any atom is 0.144 e. The SMILES string of the molecule is Nc1cc(Cl)nc(NN2CCCCC2)c1. The van der Waals surface area contributed by atoms with Crippen LogP contribution in [0.3, 0.4) is 0 Å². The number of nitrogens with zero attached hydrogens (tertiary/aromatic N) is 2. The Morgan fingerprint density at radius 1 is 1.27 bits per heavy atom. The monoisotopic (exact) mass is 226 g/mol. The first-order valence-electron chi connectivity index (χ1n) is 5.19. The second-order valence-electron chi connectivity index (χ2n) is 3.77. The normalized spacial score (nSPS) is 17.7. The van der Waals surface area contributed by atoms with E-state index >= 15 is 0 Å². The molecule has 0 unspecified atom stereocenters. The number of nitrogens with two attached hydrogens (primary N) is 1. The van der Waals surface area contributed by atoms with Crippen molar-refractivity contribution in [2.45, 2.75) is 19.3 Å². The number of pyridine rings is 1. The summed E-state index contributed by atoms with van der Waals surface area (Å²) in [5.41, 5.74) is 9.54. The highest BCUT2D eigenvalue weighted by Gasteiger charge is 2.10. The summed E-state index contributed by atoms with van der Waals surface area (Å²) >= 11 is 5.82. The van der Waals surface area contributed by atoms with Crippen LogP contribution in [0.1, 0.15) is 19.3 Å². The van der Waals surface area contributed by atoms with E-state index in [1.54, 1.807) is 12.1 Å². The van der Waals surface area contributed by atoms with E-state index in [9.17, 15) is 0 Å². The zero-order chi connectivity index (χ0) is 10.7. The molecule has 5 heteroatoms. The van der Waals surface area contributed by atoms with Gasteiger partial charge < -0.3 is 11.2 Å². The molecule has 15 heavy (non-hydrogen) atoms. The Labute approximate surface area is 94.4 Å². The summed E-state index contributed by atoms with van der Waals surface area (Å²) in [6.07, 6.45) is 3.76. The molecule has 0 radical (unpaired) electrons. The predicted molar refractivity (Wildman–Crippen MR) is 62.7 cm³/mol. The molecule has 0 aromatic carbocycles. The molecule has 2 heterocycles. The van der Waals surface area contributed by atoms with Crippen molar-refractivity contribution in [1.29, 1.82) is 0 Å². The summed E-state index contributed by atoms with van der Waals surface area (Å²) in [5, 5.41) is 2.58. The van der Waals surface area contributed by atoms with Crippen LogP contribution in [0.15, 0.2) is 12.1 Å². The Morgan fingerprint density at radius 3 is 2.67 bits per heavy atom. The minimum atomic E-state index is 0.425. The lowest BCUT2D eigenvalue weighted by molar-refractivity contribution is 0.272. The summed E-state index contributed by atoms with van der Waals surface area (Å²) in [6, 6.07) is 3.43. The largest absolute Gasteiger partial charge is 0.399 e. The number of rotatable bonds is 2. The highest BCUT2D eigenvalue weighted by Crippen LogP contribution is 2.17. The number of aromatic nitrogens is 1. The summed E-state index contributed by atoms with van der Waals surface area (Å²) in [4.78, 5) is 4.16. The van der Waals surface area contributed by atoms with Crippen molar-refractivity contribution in [3.8, 4) is 0 Å². The molecule has 1 aliphatic rings. The van der Waals surface area contributed by atoms with E-state index in [1.807, 2.05) is 0 Å². The second kappa shape index (κ2) is 4.68. The molecule has 0 spiro atoms. The zero-order valence-electron chi connectivity index (χ0n) is 8.54. The Kier molecular flexibility index (Phi) is 3.28. The van der Waals surface area contributed by atoms with E-state index in [0.29, 0.717) is 10.8 Å². The van der Waals surface area contributed by atoms with E-state index in [4.69, 9.17) is 17.3 Å². The molecule has 1 saturated heterocycles. The molecular formula is C10H15ClN4. The fourth-order valence-electron chi connectivity index (χ4n) is 1.74. The van der Waals surface area contributed by atoms with Crippen LogP contribution in [0.25, 0.3) is 0 Å². The quantitative estimate of drug-likeness (QED) is 0.759. The lowest BCUT2D eigenvalue weighted by Crippen LogP contribution is -2.35. The van der Waals surface area contributed by atoms with Gasteiger partial charge in [-0.1, -0.05) is 18.0 Å². The van der Waals surface area contributed by atoms with Crippen LogP contribution < -0.4 is 11.2 Å². The summed E-state index contributed by atoms with van der Waals surface area (Å²) in [6.45, 7) is 2.10. The average Bonchev–Trinajstić information content (AvgIpc) is 2.17. The van der Waals surface area contributed by atoms with Gasteiger partial charge in [-0.05, 0) is 18.9 Å². The van der Waals surface area contributed by atoms with E-state index in [1.165, 1.54) is 19.3 Å². The predicted octanol–water partition coefficient (Wildman–Crippen LogP) is 2.13. The van der Waals surface area contributed by atoms with Crippen molar-refractivity contribution in [3.63, 3.8) is 0 Å². The summed E-state index contributed by atoms with van der Waals surface area (Å²) in [5.74, 6) is 0.724. The summed E-state index contributed by atoms with van der Waals surface area (Å²) in [7, 11) is 0. The molecule has 0 aliphatic carbocycles. The highest BCUT2D eigenvalue weighted by atomic mass is 35.5. The van der Waals surface area contributed by atoms with Gasteiger partial charge >= 0.3 is 0 Å². The second-order valence-corrected chi connectivity index (χ2v) is 4.16. The van der Waals surface area contributed by atoms with Crippen molar-refractivity contribution in [2.24, 2.45) is 0 Å². The van der Waals surface area contributed by atoms with Gasteiger partial charge in [-0.3, -0.25) is 0 Å². The van der Waals surface area contributed by atoms with Gasteiger partial charge in [0.1, 0.15) is 11.0 Å². The van der Waals surface area contributed by atoms with Crippen molar-refractivity contribution in [3.05, 3.63) is 17.3 Å². The van der Waals surface area contributed by atoms with Gasteiger partial charge in [0.2, 0.25) is 0 Å². The van der Waals surface area contributed by atoms with E-state index in [2.05, 4.69) is 15.4 Å². The molecule has 4 nitrogen and oxygen atoms in total. The van der Waals surface area contributed by atoms with Crippen molar-refractivity contribution >= 4 is 23.1 Å². The number of nitrogen functional groups attached to an aromatic ring is 1. The molecule has 0 bridgehead atoms. The van der Waals surface area contributed by atoms with Crippen molar-refractivity contribution in [2.75, 3.05) is 24.2 Å². The Balaban J connectivity index is 2.02. The number of hydrazine groups is 1. The fourth-order valence-corrected chi connectivity index (χ4v) is 1.96. The smallest absolute Gasteiger partial charge is 0.144 e. The first kappa shape index (κ1) is 10.5. The minimum absolute atomic E-state index is 0.425. The third-order valence-electron chi connectivity index (χ3n) is 2.45. The van der Waals surface area contributed by atoms with Crippen LogP contribution in [0.4, 0.5) is 11.5 Å². The Morgan fingerprint density at radius 2 is 2.00 bits per heavy atom. The third-order valence-corrected chi connectivity index (χ3v) is 2.64. The number of hydrogen-bond acceptors (Lipinski definition) is 4. The van der Waals surface area contributed by atoms with Crippen LogP contribution in [-0.4, -0.2) is 23.1 Å². The topological polar surface area (TPSA) is 54.2 Å². The molecule has 0 saturated carbocycles. The molecule has 82 valence electrons. The number of halogens is 1. The van der Waals surface area contributed by atoms with Crippen LogP contribution in [0.2, 0.25) is 5.15 Å². The van der Waals surface area contributed by atoms with Crippen LogP contribution in [0.5, 0.6) is 0 Å². The third kappa shape index (κ3) is 2.97. The van der Waals surface area contributed by atoms with Gasteiger partial charge in [-0.15, -0.1) is 0 Å². The van der Waals surface area contributed by atoms with E-state index in [0.717, 1.165) is 18.9 Å². The number of piperidine rings is 1. The highest BCUT2D eigenvalue weighted by molar-refractivity contribution is 6.29. The molecule has 0 atom stereocenters. The Bertz CT molecular complexity index is 316. The minimum Gasteiger partial charge on any atom is -0.399 e. The van der Waals surface area contributed by atoms with E-state index in [-0.39, 0.29) is 0 Å². The average molecular weight is 227 g/mol. The first-order chi connectivity index (χ1) is 7.24. The van der Waals surface area contributed by atoms with Crippen molar-refractivity contribution < 1.29 is 0 Å². The lowest BCUT2D eigenvalue weighted by atomic mass is 10.2. The molecule has 3 N–H and O–H groups in total. The molecule has 1 aromatic rings. The van der Waals surface area contributed by atoms with Gasteiger partial charge in [0.15, 0.2) is 0 Å². The van der Waals surface area contributed by atoms with E-state index < -0.39 is 0 Å². The van der Waals surface area contributed by atoms with Crippen LogP contribution in [-0.2, 0) is 0 Å². The molecule has 1 aliphatic heterocycles. The standard InChI is InChI=1S/C10H15ClN4/c11-9-6-8(12)7-10(13-9)14-15-4-2-1-3-5-15/h6-7H,1-5H2,(H3,12,13,14). The van der Waals surface area contributed by atoms with Crippen molar-refractivity contribution in [1.82, 2.24) is 9.99 Å². The molecular weight excluding hydrogens is 212 g/mol. The van der Waals surface area contributed by atoms with Crippen LogP contribution >= 0.6 is 11.6 Å². The maximum absolute atomic E-state index is 5.82. The molecule has 0 amide bonds.